The largest absolute Gasteiger partial charge is 0.492 e. The van der Waals surface area contributed by atoms with Gasteiger partial charge in [0.25, 0.3) is 5.91 Å². The molecular formula is C24H20F2N2O3. The third kappa shape index (κ3) is 4.88. The molecule has 2 amide bonds. The van der Waals surface area contributed by atoms with E-state index in [-0.39, 0.29) is 23.9 Å². The van der Waals surface area contributed by atoms with Gasteiger partial charge in [0, 0.05) is 12.2 Å². The number of carbonyl (C=O) groups is 2. The van der Waals surface area contributed by atoms with E-state index in [1.165, 1.54) is 30.3 Å². The maximum absolute atomic E-state index is 13.8. The Morgan fingerprint density at radius 2 is 1.77 bits per heavy atom. The van der Waals surface area contributed by atoms with Gasteiger partial charge in [-0.05, 0) is 60.0 Å². The van der Waals surface area contributed by atoms with Crippen molar-refractivity contribution in [2.24, 2.45) is 5.92 Å². The van der Waals surface area contributed by atoms with Crippen LogP contribution in [0.4, 0.5) is 14.5 Å². The Morgan fingerprint density at radius 1 is 1.00 bits per heavy atom. The van der Waals surface area contributed by atoms with Gasteiger partial charge in [-0.25, -0.2) is 8.78 Å². The number of fused-ring (bicyclic) bond motifs is 1. The molecule has 1 heterocycles. The van der Waals surface area contributed by atoms with Crippen LogP contribution in [-0.4, -0.2) is 18.4 Å². The normalized spacial score (nSPS) is 14.8. The summed E-state index contributed by atoms with van der Waals surface area (Å²) in [5.74, 6) is -1.40. The average molecular weight is 422 g/mol. The molecule has 4 rings (SSSR count). The van der Waals surface area contributed by atoms with Gasteiger partial charge >= 0.3 is 0 Å². The summed E-state index contributed by atoms with van der Waals surface area (Å²) < 4.78 is 32.5. The van der Waals surface area contributed by atoms with E-state index < -0.39 is 17.6 Å². The SMILES string of the molecule is O=C(Nc1ccc2c(c1)C[C@H](C(=O)NCc1ccc(F)cc1)CO2)c1ccccc1F. The van der Waals surface area contributed by atoms with Crippen molar-refractivity contribution >= 4 is 17.5 Å². The zero-order valence-electron chi connectivity index (χ0n) is 16.5. The topological polar surface area (TPSA) is 67.4 Å². The van der Waals surface area contributed by atoms with Crippen LogP contribution < -0.4 is 15.4 Å². The second-order valence-corrected chi connectivity index (χ2v) is 7.31. The summed E-state index contributed by atoms with van der Waals surface area (Å²) in [5.41, 5.74) is 2.02. The molecule has 0 aliphatic carbocycles. The number of amides is 2. The Labute approximate surface area is 178 Å². The minimum atomic E-state index is -0.598. The lowest BCUT2D eigenvalue weighted by Gasteiger charge is -2.25. The lowest BCUT2D eigenvalue weighted by atomic mass is 9.95. The van der Waals surface area contributed by atoms with E-state index in [0.717, 1.165) is 11.1 Å². The van der Waals surface area contributed by atoms with Gasteiger partial charge in [-0.15, -0.1) is 0 Å². The van der Waals surface area contributed by atoms with Crippen LogP contribution in [0, 0.1) is 17.6 Å². The summed E-state index contributed by atoms with van der Waals surface area (Å²) in [6.45, 7) is 0.532. The van der Waals surface area contributed by atoms with Gasteiger partial charge in [0.05, 0.1) is 11.5 Å². The fraction of sp³-hybridized carbons (Fsp3) is 0.167. The smallest absolute Gasteiger partial charge is 0.258 e. The van der Waals surface area contributed by atoms with Crippen molar-refractivity contribution < 1.29 is 23.1 Å². The molecule has 3 aromatic carbocycles. The molecule has 2 N–H and O–H groups in total. The van der Waals surface area contributed by atoms with E-state index in [0.29, 0.717) is 24.4 Å². The highest BCUT2D eigenvalue weighted by molar-refractivity contribution is 6.04. The molecule has 1 atom stereocenters. The number of ether oxygens (including phenoxy) is 1. The van der Waals surface area contributed by atoms with E-state index in [9.17, 15) is 18.4 Å². The Kier molecular flexibility index (Phi) is 5.93. The molecule has 158 valence electrons. The minimum absolute atomic E-state index is 0.0467. The maximum atomic E-state index is 13.8. The molecule has 1 aliphatic rings. The zero-order valence-corrected chi connectivity index (χ0v) is 16.5. The van der Waals surface area contributed by atoms with Gasteiger partial charge in [0.2, 0.25) is 5.91 Å². The molecule has 0 aromatic heterocycles. The molecule has 0 saturated heterocycles. The third-order valence-corrected chi connectivity index (χ3v) is 5.09. The van der Waals surface area contributed by atoms with Gasteiger partial charge in [-0.3, -0.25) is 9.59 Å². The monoisotopic (exact) mass is 422 g/mol. The van der Waals surface area contributed by atoms with Crippen molar-refractivity contribution in [2.45, 2.75) is 13.0 Å². The third-order valence-electron chi connectivity index (χ3n) is 5.09. The highest BCUT2D eigenvalue weighted by Crippen LogP contribution is 2.30. The maximum Gasteiger partial charge on any atom is 0.258 e. The fourth-order valence-electron chi connectivity index (χ4n) is 3.42. The number of anilines is 1. The van der Waals surface area contributed by atoms with Crippen molar-refractivity contribution in [1.29, 1.82) is 0 Å². The second-order valence-electron chi connectivity index (χ2n) is 7.31. The van der Waals surface area contributed by atoms with E-state index >= 15 is 0 Å². The van der Waals surface area contributed by atoms with Crippen molar-refractivity contribution in [1.82, 2.24) is 5.32 Å². The number of hydrogen-bond acceptors (Lipinski definition) is 3. The number of hydrogen-bond donors (Lipinski definition) is 2. The molecular weight excluding hydrogens is 402 g/mol. The molecule has 0 unspecified atom stereocenters. The first-order valence-electron chi connectivity index (χ1n) is 9.83. The summed E-state index contributed by atoms with van der Waals surface area (Å²) in [7, 11) is 0. The summed E-state index contributed by atoms with van der Waals surface area (Å²) >= 11 is 0. The highest BCUT2D eigenvalue weighted by atomic mass is 19.1. The van der Waals surface area contributed by atoms with Gasteiger partial charge in [0.1, 0.15) is 24.0 Å². The van der Waals surface area contributed by atoms with Crippen LogP contribution in [-0.2, 0) is 17.8 Å². The van der Waals surface area contributed by atoms with Crippen LogP contribution in [0.1, 0.15) is 21.5 Å². The zero-order chi connectivity index (χ0) is 21.8. The molecule has 5 nitrogen and oxygen atoms in total. The van der Waals surface area contributed by atoms with E-state index in [4.69, 9.17) is 4.74 Å². The number of rotatable bonds is 5. The first-order chi connectivity index (χ1) is 15.0. The van der Waals surface area contributed by atoms with E-state index in [1.54, 1.807) is 36.4 Å². The Hall–Kier alpha value is -3.74. The quantitative estimate of drug-likeness (QED) is 0.651. The summed E-state index contributed by atoms with van der Waals surface area (Å²) in [5, 5.41) is 5.52. The molecule has 1 aliphatic heterocycles. The Balaban J connectivity index is 1.40. The summed E-state index contributed by atoms with van der Waals surface area (Å²) in [6, 6.07) is 16.8. The molecule has 0 saturated carbocycles. The van der Waals surface area contributed by atoms with Gasteiger partial charge in [0.15, 0.2) is 0 Å². The van der Waals surface area contributed by atoms with Crippen molar-refractivity contribution in [3.8, 4) is 5.75 Å². The van der Waals surface area contributed by atoms with Crippen LogP contribution in [0.15, 0.2) is 66.7 Å². The number of benzene rings is 3. The molecule has 0 fully saturated rings. The van der Waals surface area contributed by atoms with Crippen LogP contribution in [0.5, 0.6) is 5.75 Å². The van der Waals surface area contributed by atoms with E-state index in [2.05, 4.69) is 10.6 Å². The Morgan fingerprint density at radius 3 is 2.55 bits per heavy atom. The average Bonchev–Trinajstić information content (AvgIpc) is 2.78. The number of carbonyl (C=O) groups excluding carboxylic acids is 2. The first-order valence-corrected chi connectivity index (χ1v) is 9.83. The fourth-order valence-corrected chi connectivity index (χ4v) is 3.42. The first kappa shape index (κ1) is 20.5. The van der Waals surface area contributed by atoms with Gasteiger partial charge < -0.3 is 15.4 Å². The lowest BCUT2D eigenvalue weighted by Crippen LogP contribution is -2.37. The van der Waals surface area contributed by atoms with Crippen LogP contribution in [0.3, 0.4) is 0 Å². The molecule has 0 radical (unpaired) electrons. The summed E-state index contributed by atoms with van der Waals surface area (Å²) in [4.78, 5) is 24.9. The lowest BCUT2D eigenvalue weighted by molar-refractivity contribution is -0.126. The molecule has 0 spiro atoms. The second kappa shape index (κ2) is 8.95. The van der Waals surface area contributed by atoms with Crippen molar-refractivity contribution in [3.05, 3.63) is 95.1 Å². The van der Waals surface area contributed by atoms with Crippen LogP contribution >= 0.6 is 0 Å². The van der Waals surface area contributed by atoms with Gasteiger partial charge in [-0.1, -0.05) is 24.3 Å². The van der Waals surface area contributed by atoms with E-state index in [1.807, 2.05) is 0 Å². The minimum Gasteiger partial charge on any atom is -0.492 e. The standard InChI is InChI=1S/C24H20F2N2O3/c25-18-7-5-15(6-8-18)13-27-23(29)17-11-16-12-19(9-10-22(16)31-14-17)28-24(30)20-3-1-2-4-21(20)26/h1-10,12,17H,11,13-14H2,(H,27,29)(H,28,30)/t17-/m0/s1. The predicted molar refractivity (Wildman–Crippen MR) is 112 cm³/mol. The van der Waals surface area contributed by atoms with Gasteiger partial charge in [-0.2, -0.15) is 0 Å². The molecule has 31 heavy (non-hydrogen) atoms. The number of nitrogens with one attached hydrogen (secondary N) is 2. The molecule has 0 bridgehead atoms. The summed E-state index contributed by atoms with van der Waals surface area (Å²) in [6.07, 6.45) is 0.438. The van der Waals surface area contributed by atoms with Crippen molar-refractivity contribution in [3.63, 3.8) is 0 Å². The van der Waals surface area contributed by atoms with Crippen LogP contribution in [0.25, 0.3) is 0 Å². The van der Waals surface area contributed by atoms with Crippen molar-refractivity contribution in [2.75, 3.05) is 11.9 Å². The predicted octanol–water partition coefficient (Wildman–Crippen LogP) is 4.08. The molecule has 3 aromatic rings. The molecule has 7 heteroatoms. The van der Waals surface area contributed by atoms with Crippen LogP contribution in [0.2, 0.25) is 0 Å². The number of halogens is 2. The highest BCUT2D eigenvalue weighted by Gasteiger charge is 2.26. The Bertz CT molecular complexity index is 1120.